The van der Waals surface area contributed by atoms with Gasteiger partial charge in [-0.05, 0) is 76.4 Å². The first-order valence-electron chi connectivity index (χ1n) is 11.2. The number of carbonyl (C=O) groups is 1. The summed E-state index contributed by atoms with van der Waals surface area (Å²) in [6.45, 7) is 8.92. The van der Waals surface area contributed by atoms with Gasteiger partial charge in [0, 0.05) is 36.5 Å². The smallest absolute Gasteiger partial charge is 0.391 e. The fourth-order valence-corrected chi connectivity index (χ4v) is 4.69. The van der Waals surface area contributed by atoms with Gasteiger partial charge in [0.1, 0.15) is 0 Å². The van der Waals surface area contributed by atoms with Crippen molar-refractivity contribution < 1.29 is 9.53 Å². The van der Waals surface area contributed by atoms with E-state index in [1.54, 1.807) is 35.0 Å². The molecule has 0 radical (unpaired) electrons. The van der Waals surface area contributed by atoms with Gasteiger partial charge in [0.25, 0.3) is 0 Å². The van der Waals surface area contributed by atoms with Gasteiger partial charge in [-0.25, -0.2) is 14.5 Å². The van der Waals surface area contributed by atoms with Gasteiger partial charge in [-0.3, -0.25) is 0 Å². The van der Waals surface area contributed by atoms with Crippen molar-refractivity contribution in [2.24, 2.45) is 0 Å². The molecule has 0 unspecified atom stereocenters. The molecule has 13 heteroatoms. The number of rotatable bonds is 7. The Morgan fingerprint density at radius 2 is 2.03 bits per heavy atom. The van der Waals surface area contributed by atoms with Crippen molar-refractivity contribution in [1.29, 1.82) is 0 Å². The summed E-state index contributed by atoms with van der Waals surface area (Å²) < 4.78 is 7.30. The second-order valence-electron chi connectivity index (χ2n) is 9.37. The van der Waals surface area contributed by atoms with E-state index >= 15 is 0 Å². The number of nitrogens with one attached hydrogen (secondary N) is 2. The van der Waals surface area contributed by atoms with Gasteiger partial charge >= 0.3 is 6.09 Å². The van der Waals surface area contributed by atoms with Gasteiger partial charge in [0.2, 0.25) is 11.0 Å². The number of anilines is 1. The largest absolute Gasteiger partial charge is 0.416 e. The van der Waals surface area contributed by atoms with Gasteiger partial charge in [-0.2, -0.15) is 0 Å². The lowest BCUT2D eigenvalue weighted by molar-refractivity contribution is 0.142. The molecule has 186 valence electrons. The molecule has 1 saturated heterocycles. The molecule has 2 aromatic heterocycles. The number of likely N-dealkylation sites (tertiary alicyclic amines) is 1. The number of hydrogen-bond acceptors (Lipinski definition) is 9. The van der Waals surface area contributed by atoms with E-state index in [1.165, 1.54) is 0 Å². The number of nitrogens with zero attached hydrogens (tertiary/aromatic N) is 7. The third-order valence-electron chi connectivity index (χ3n) is 4.90. The number of likely N-dealkylation sites (N-methyl/N-ethyl adjacent to an activating group) is 1. The number of ether oxygens (including phenoxy) is 1. The maximum atomic E-state index is 12.6. The molecule has 1 aliphatic heterocycles. The fraction of sp³-hybridized carbons (Fsp3) is 0.619. The lowest BCUT2D eigenvalue weighted by Crippen LogP contribution is -2.42. The third-order valence-corrected chi connectivity index (χ3v) is 6.42. The molecule has 34 heavy (non-hydrogen) atoms. The number of hydrogen-bond donors (Lipinski definition) is 2. The maximum Gasteiger partial charge on any atom is 0.416 e. The van der Waals surface area contributed by atoms with Crippen LogP contribution in [0.1, 0.15) is 33.6 Å². The molecule has 2 aromatic rings. The van der Waals surface area contributed by atoms with Crippen LogP contribution >= 0.6 is 24.0 Å². The van der Waals surface area contributed by atoms with Crippen molar-refractivity contribution in [1.82, 2.24) is 40.3 Å². The van der Waals surface area contributed by atoms with Crippen molar-refractivity contribution in [3.8, 4) is 5.88 Å². The van der Waals surface area contributed by atoms with E-state index < -0.39 is 6.09 Å². The van der Waals surface area contributed by atoms with Crippen LogP contribution in [0.5, 0.6) is 5.88 Å². The summed E-state index contributed by atoms with van der Waals surface area (Å²) in [6, 6.07) is 3.42. The topological polar surface area (TPSA) is 113 Å². The summed E-state index contributed by atoms with van der Waals surface area (Å²) in [7, 11) is 4.04. The third kappa shape index (κ3) is 8.37. The highest BCUT2D eigenvalue weighted by Gasteiger charge is 2.26. The minimum absolute atomic E-state index is 0.139. The van der Waals surface area contributed by atoms with E-state index in [-0.39, 0.29) is 11.4 Å². The van der Waals surface area contributed by atoms with Crippen LogP contribution in [-0.4, -0.2) is 90.7 Å². The Labute approximate surface area is 210 Å². The van der Waals surface area contributed by atoms with Crippen molar-refractivity contribution in [3.05, 3.63) is 18.3 Å². The maximum absolute atomic E-state index is 12.6. The SMILES string of the molecule is CN(C)CCn1nnnc1SC1CCN(C(=O)Oc2ccc(NC(=S)NC(C)(C)C)cn2)CC1. The summed E-state index contributed by atoms with van der Waals surface area (Å²) in [5.74, 6) is 0.252. The van der Waals surface area contributed by atoms with Crippen molar-refractivity contribution in [2.75, 3.05) is 39.0 Å². The van der Waals surface area contributed by atoms with E-state index in [4.69, 9.17) is 17.0 Å². The number of piperidine rings is 1. The molecule has 11 nitrogen and oxygen atoms in total. The normalized spacial score (nSPS) is 14.8. The highest BCUT2D eigenvalue weighted by molar-refractivity contribution is 7.99. The van der Waals surface area contributed by atoms with Crippen LogP contribution < -0.4 is 15.4 Å². The quantitative estimate of drug-likeness (QED) is 0.539. The lowest BCUT2D eigenvalue weighted by atomic mass is 10.1. The first-order chi connectivity index (χ1) is 16.1. The molecular formula is C21H33N9O2S2. The Balaban J connectivity index is 1.43. The molecule has 0 saturated carbocycles. The van der Waals surface area contributed by atoms with Crippen LogP contribution in [0.3, 0.4) is 0 Å². The highest BCUT2D eigenvalue weighted by Crippen LogP contribution is 2.29. The number of pyridine rings is 1. The second-order valence-corrected chi connectivity index (χ2v) is 11.1. The summed E-state index contributed by atoms with van der Waals surface area (Å²) in [4.78, 5) is 20.6. The van der Waals surface area contributed by atoms with Gasteiger partial charge < -0.3 is 25.2 Å². The Hall–Kier alpha value is -2.51. The molecule has 0 bridgehead atoms. The molecule has 0 aliphatic carbocycles. The molecule has 0 aromatic carbocycles. The second kappa shape index (κ2) is 11.8. The summed E-state index contributed by atoms with van der Waals surface area (Å²) in [5, 5.41) is 20.0. The van der Waals surface area contributed by atoms with E-state index in [0.717, 1.165) is 31.1 Å². The summed E-state index contributed by atoms with van der Waals surface area (Å²) in [5.41, 5.74) is 0.576. The Morgan fingerprint density at radius 1 is 1.29 bits per heavy atom. The predicted molar refractivity (Wildman–Crippen MR) is 136 cm³/mol. The van der Waals surface area contributed by atoms with Crippen LogP contribution in [0.2, 0.25) is 0 Å². The van der Waals surface area contributed by atoms with Crippen LogP contribution in [-0.2, 0) is 6.54 Å². The monoisotopic (exact) mass is 507 g/mol. The number of amides is 1. The Kier molecular flexibility index (Phi) is 9.03. The number of tetrazole rings is 1. The zero-order valence-corrected chi connectivity index (χ0v) is 21.9. The average Bonchev–Trinajstić information content (AvgIpc) is 3.19. The average molecular weight is 508 g/mol. The number of thioether (sulfide) groups is 1. The van der Waals surface area contributed by atoms with E-state index in [2.05, 4.69) is 36.0 Å². The Morgan fingerprint density at radius 3 is 2.65 bits per heavy atom. The zero-order valence-electron chi connectivity index (χ0n) is 20.3. The molecule has 0 spiro atoms. The molecular weight excluding hydrogens is 474 g/mol. The molecule has 1 amide bonds. The van der Waals surface area contributed by atoms with Crippen molar-refractivity contribution in [2.45, 2.75) is 56.1 Å². The van der Waals surface area contributed by atoms with E-state index in [9.17, 15) is 4.79 Å². The van der Waals surface area contributed by atoms with Crippen LogP contribution in [0, 0.1) is 0 Å². The zero-order chi connectivity index (χ0) is 24.7. The number of aromatic nitrogens is 5. The molecule has 2 N–H and O–H groups in total. The van der Waals surface area contributed by atoms with E-state index in [1.807, 2.05) is 39.5 Å². The van der Waals surface area contributed by atoms with E-state index in [0.29, 0.717) is 29.1 Å². The number of carbonyl (C=O) groups excluding carboxylic acids is 1. The fourth-order valence-electron chi connectivity index (χ4n) is 3.19. The molecule has 0 atom stereocenters. The minimum atomic E-state index is -0.391. The van der Waals surface area contributed by atoms with Crippen molar-refractivity contribution >= 4 is 40.9 Å². The van der Waals surface area contributed by atoms with Crippen molar-refractivity contribution in [3.63, 3.8) is 0 Å². The number of thiocarbonyl (C=S) groups is 1. The van der Waals surface area contributed by atoms with Gasteiger partial charge in [0.15, 0.2) is 5.11 Å². The van der Waals surface area contributed by atoms with Crippen LogP contribution in [0.15, 0.2) is 23.5 Å². The standard InChI is InChI=1S/C21H33N9O2S2/c1-21(2,3)24-18(33)23-15-6-7-17(22-14-15)32-20(31)29-10-8-16(9-11-29)34-19-25-26-27-30(19)13-12-28(4)5/h6-7,14,16H,8-13H2,1-5H3,(H2,23,24,33). The van der Waals surface area contributed by atoms with Gasteiger partial charge in [-0.15, -0.1) is 5.10 Å². The summed E-state index contributed by atoms with van der Waals surface area (Å²) in [6.07, 6.45) is 2.88. The molecule has 1 aliphatic rings. The van der Waals surface area contributed by atoms with Gasteiger partial charge in [-0.1, -0.05) is 11.8 Å². The van der Waals surface area contributed by atoms with Gasteiger partial charge in [0.05, 0.1) is 18.4 Å². The van der Waals surface area contributed by atoms with Crippen LogP contribution in [0.4, 0.5) is 10.5 Å². The molecule has 3 heterocycles. The molecule has 3 rings (SSSR count). The Bertz CT molecular complexity index is 952. The predicted octanol–water partition coefficient (Wildman–Crippen LogP) is 2.47. The first kappa shape index (κ1) is 26.1. The molecule has 1 fully saturated rings. The first-order valence-corrected chi connectivity index (χ1v) is 12.5. The van der Waals surface area contributed by atoms with Crippen LogP contribution in [0.25, 0.3) is 0 Å². The summed E-state index contributed by atoms with van der Waals surface area (Å²) >= 11 is 6.96. The highest BCUT2D eigenvalue weighted by atomic mass is 32.2. The lowest BCUT2D eigenvalue weighted by Gasteiger charge is -2.30. The minimum Gasteiger partial charge on any atom is -0.391 e.